The largest absolute Gasteiger partial charge is 0.482 e. The summed E-state index contributed by atoms with van der Waals surface area (Å²) in [5.74, 6) is -0.628. The van der Waals surface area contributed by atoms with Crippen LogP contribution in [0.4, 0.5) is 10.1 Å². The summed E-state index contributed by atoms with van der Waals surface area (Å²) in [6, 6.07) is 10.2. The molecule has 7 nitrogen and oxygen atoms in total. The van der Waals surface area contributed by atoms with Crippen LogP contribution in [0.1, 0.15) is 23.2 Å². The van der Waals surface area contributed by atoms with E-state index in [1.807, 2.05) is 0 Å². The van der Waals surface area contributed by atoms with Gasteiger partial charge in [-0.25, -0.2) is 4.39 Å². The number of nitrogens with one attached hydrogen (secondary N) is 1. The lowest BCUT2D eigenvalue weighted by molar-refractivity contribution is -0.132. The molecule has 0 saturated carbocycles. The highest BCUT2D eigenvalue weighted by atomic mass is 35.5. The van der Waals surface area contributed by atoms with Gasteiger partial charge < -0.3 is 15.0 Å². The van der Waals surface area contributed by atoms with E-state index in [0.29, 0.717) is 48.0 Å². The zero-order chi connectivity index (χ0) is 22.0. The Hall–Kier alpha value is -3.13. The van der Waals surface area contributed by atoms with E-state index in [2.05, 4.69) is 5.32 Å². The minimum Gasteiger partial charge on any atom is -0.482 e. The first-order chi connectivity index (χ1) is 14.9. The average Bonchev–Trinajstić information content (AvgIpc) is 2.76. The number of nitrogens with zero attached hydrogens (tertiary/aromatic N) is 2. The molecular formula is C22H21ClFN3O4. The van der Waals surface area contributed by atoms with Crippen LogP contribution in [0.5, 0.6) is 5.75 Å². The molecule has 0 bridgehead atoms. The molecule has 0 atom stereocenters. The summed E-state index contributed by atoms with van der Waals surface area (Å²) in [5, 5.41) is 3.38. The summed E-state index contributed by atoms with van der Waals surface area (Å²) in [6.45, 7) is 0.712. The van der Waals surface area contributed by atoms with Gasteiger partial charge in [0.25, 0.3) is 11.8 Å². The van der Waals surface area contributed by atoms with Crippen molar-refractivity contribution in [2.24, 2.45) is 0 Å². The van der Waals surface area contributed by atoms with Gasteiger partial charge >= 0.3 is 0 Å². The highest BCUT2D eigenvalue weighted by molar-refractivity contribution is 6.31. The normalized spacial score (nSPS) is 16.5. The number of benzene rings is 2. The van der Waals surface area contributed by atoms with Crippen molar-refractivity contribution >= 4 is 35.0 Å². The van der Waals surface area contributed by atoms with E-state index in [0.717, 1.165) is 0 Å². The maximum Gasteiger partial charge on any atom is 0.265 e. The molecule has 0 aliphatic carbocycles. The summed E-state index contributed by atoms with van der Waals surface area (Å²) in [6.07, 6.45) is 1.19. The molecule has 1 fully saturated rings. The molecule has 4 rings (SSSR count). The third-order valence-electron chi connectivity index (χ3n) is 5.45. The van der Waals surface area contributed by atoms with Crippen molar-refractivity contribution in [2.75, 3.05) is 31.1 Å². The van der Waals surface area contributed by atoms with Crippen LogP contribution in [0.2, 0.25) is 5.02 Å². The van der Waals surface area contributed by atoms with Gasteiger partial charge in [-0.15, -0.1) is 0 Å². The molecule has 2 heterocycles. The number of amides is 3. The Labute approximate surface area is 183 Å². The van der Waals surface area contributed by atoms with Crippen LogP contribution in [0.3, 0.4) is 0 Å². The van der Waals surface area contributed by atoms with E-state index >= 15 is 0 Å². The van der Waals surface area contributed by atoms with Crippen LogP contribution in [0, 0.1) is 5.82 Å². The first-order valence-electron chi connectivity index (χ1n) is 9.97. The Kier molecular flexibility index (Phi) is 6.08. The molecule has 0 radical (unpaired) electrons. The van der Waals surface area contributed by atoms with Crippen molar-refractivity contribution in [2.45, 2.75) is 18.9 Å². The number of rotatable bonds is 4. The van der Waals surface area contributed by atoms with Gasteiger partial charge in [-0.3, -0.25) is 19.3 Å². The van der Waals surface area contributed by atoms with Crippen molar-refractivity contribution in [1.29, 1.82) is 0 Å². The lowest BCUT2D eigenvalue weighted by Crippen LogP contribution is -2.51. The molecule has 162 valence electrons. The number of anilines is 1. The fraction of sp³-hybridized carbons (Fsp3) is 0.318. The maximum atomic E-state index is 13.0. The molecule has 0 unspecified atom stereocenters. The van der Waals surface area contributed by atoms with E-state index in [1.54, 1.807) is 23.1 Å². The lowest BCUT2D eigenvalue weighted by Gasteiger charge is -2.35. The van der Waals surface area contributed by atoms with Gasteiger partial charge in [0.1, 0.15) is 18.1 Å². The quantitative estimate of drug-likeness (QED) is 0.784. The van der Waals surface area contributed by atoms with Crippen molar-refractivity contribution in [3.05, 3.63) is 58.9 Å². The smallest absolute Gasteiger partial charge is 0.265 e. The number of hydrogen-bond acceptors (Lipinski definition) is 4. The number of halogens is 2. The first kappa shape index (κ1) is 21.1. The number of carbonyl (C=O) groups is 3. The second-order valence-corrected chi connectivity index (χ2v) is 7.95. The third-order valence-corrected chi connectivity index (χ3v) is 5.68. The molecule has 31 heavy (non-hydrogen) atoms. The Morgan fingerprint density at radius 1 is 1.13 bits per heavy atom. The van der Waals surface area contributed by atoms with Crippen LogP contribution in [-0.2, 0) is 9.59 Å². The number of carbonyl (C=O) groups excluding carboxylic acids is 3. The molecule has 2 aromatic carbocycles. The minimum absolute atomic E-state index is 0.0776. The molecule has 0 spiro atoms. The Bertz CT molecular complexity index is 1010. The molecule has 0 aromatic heterocycles. The van der Waals surface area contributed by atoms with E-state index in [-0.39, 0.29) is 36.9 Å². The Morgan fingerprint density at radius 3 is 2.55 bits per heavy atom. The number of piperidine rings is 1. The summed E-state index contributed by atoms with van der Waals surface area (Å²) in [4.78, 5) is 40.5. The van der Waals surface area contributed by atoms with Crippen molar-refractivity contribution in [3.63, 3.8) is 0 Å². The summed E-state index contributed by atoms with van der Waals surface area (Å²) >= 11 is 6.04. The molecule has 3 amide bonds. The van der Waals surface area contributed by atoms with Crippen LogP contribution in [0.25, 0.3) is 0 Å². The second kappa shape index (κ2) is 8.93. The van der Waals surface area contributed by atoms with E-state index in [4.69, 9.17) is 16.3 Å². The SMILES string of the molecule is O=C(NC1CCN(C(=O)CN2C(=O)COc3ccc(Cl)cc32)CC1)c1ccc(F)cc1. The topological polar surface area (TPSA) is 79.0 Å². The standard InChI is InChI=1S/C22H21ClFN3O4/c23-15-3-6-19-18(11-15)27(21(29)13-31-19)12-20(28)26-9-7-17(8-10-26)25-22(30)14-1-4-16(24)5-2-14/h1-6,11,17H,7-10,12-13H2,(H,25,30). The molecule has 2 aromatic rings. The van der Waals surface area contributed by atoms with Gasteiger partial charge in [-0.1, -0.05) is 11.6 Å². The zero-order valence-electron chi connectivity index (χ0n) is 16.6. The van der Waals surface area contributed by atoms with Gasteiger partial charge in [0, 0.05) is 29.7 Å². The van der Waals surface area contributed by atoms with E-state index in [9.17, 15) is 18.8 Å². The van der Waals surface area contributed by atoms with Gasteiger partial charge in [0.05, 0.1) is 5.69 Å². The van der Waals surface area contributed by atoms with E-state index < -0.39 is 5.82 Å². The Balaban J connectivity index is 1.33. The average molecular weight is 446 g/mol. The summed E-state index contributed by atoms with van der Waals surface area (Å²) in [7, 11) is 0. The zero-order valence-corrected chi connectivity index (χ0v) is 17.4. The fourth-order valence-corrected chi connectivity index (χ4v) is 3.89. The number of fused-ring (bicyclic) bond motifs is 1. The monoisotopic (exact) mass is 445 g/mol. The molecule has 9 heteroatoms. The molecule has 2 aliphatic rings. The molecule has 1 N–H and O–H groups in total. The van der Waals surface area contributed by atoms with E-state index in [1.165, 1.54) is 29.2 Å². The van der Waals surface area contributed by atoms with Crippen molar-refractivity contribution in [1.82, 2.24) is 10.2 Å². The van der Waals surface area contributed by atoms with Crippen molar-refractivity contribution < 1.29 is 23.5 Å². The maximum absolute atomic E-state index is 13.0. The summed E-state index contributed by atoms with van der Waals surface area (Å²) in [5.41, 5.74) is 0.876. The lowest BCUT2D eigenvalue weighted by atomic mass is 10.0. The second-order valence-electron chi connectivity index (χ2n) is 7.52. The first-order valence-corrected chi connectivity index (χ1v) is 10.4. The predicted molar refractivity (Wildman–Crippen MR) is 113 cm³/mol. The van der Waals surface area contributed by atoms with Crippen LogP contribution < -0.4 is 15.0 Å². The number of likely N-dealkylation sites (tertiary alicyclic amines) is 1. The minimum atomic E-state index is -0.396. The summed E-state index contributed by atoms with van der Waals surface area (Å²) < 4.78 is 18.4. The highest BCUT2D eigenvalue weighted by Gasteiger charge is 2.31. The predicted octanol–water partition coefficient (Wildman–Crippen LogP) is 2.63. The fourth-order valence-electron chi connectivity index (χ4n) is 3.73. The van der Waals surface area contributed by atoms with Gasteiger partial charge in [-0.05, 0) is 55.3 Å². The highest BCUT2D eigenvalue weighted by Crippen LogP contribution is 2.34. The number of ether oxygens (including phenoxy) is 1. The van der Waals surface area contributed by atoms with Crippen molar-refractivity contribution in [3.8, 4) is 5.75 Å². The molecule has 1 saturated heterocycles. The van der Waals surface area contributed by atoms with Crippen LogP contribution in [0.15, 0.2) is 42.5 Å². The van der Waals surface area contributed by atoms with Crippen LogP contribution >= 0.6 is 11.6 Å². The molecule has 2 aliphatic heterocycles. The number of hydrogen-bond donors (Lipinski definition) is 1. The Morgan fingerprint density at radius 2 is 1.84 bits per heavy atom. The van der Waals surface area contributed by atoms with Gasteiger partial charge in [0.15, 0.2) is 6.61 Å². The van der Waals surface area contributed by atoms with Crippen LogP contribution in [-0.4, -0.2) is 54.9 Å². The van der Waals surface area contributed by atoms with Gasteiger partial charge in [0.2, 0.25) is 5.91 Å². The third kappa shape index (κ3) is 4.80. The van der Waals surface area contributed by atoms with Gasteiger partial charge in [-0.2, -0.15) is 0 Å². The molecular weight excluding hydrogens is 425 g/mol.